The van der Waals surface area contributed by atoms with Crippen LogP contribution < -0.4 is 5.73 Å². The summed E-state index contributed by atoms with van der Waals surface area (Å²) < 4.78 is 0. The van der Waals surface area contributed by atoms with Crippen LogP contribution in [0.5, 0.6) is 0 Å². The Hall–Kier alpha value is -0.770. The normalized spacial score (nSPS) is 17.1. The van der Waals surface area contributed by atoms with Crippen molar-refractivity contribution in [3.05, 3.63) is 17.1 Å². The van der Waals surface area contributed by atoms with Crippen LogP contribution >= 0.6 is 11.8 Å². The number of hydrogen-bond acceptors (Lipinski definition) is 4. The Morgan fingerprint density at radius 3 is 2.46 bits per heavy atom. The van der Waals surface area contributed by atoms with Crippen LogP contribution in [0, 0.1) is 13.8 Å². The predicted molar refractivity (Wildman–Crippen MR) is 56.0 cm³/mol. The van der Waals surface area contributed by atoms with Crippen LogP contribution in [0.25, 0.3) is 0 Å². The van der Waals surface area contributed by atoms with Crippen LogP contribution in [-0.2, 0) is 0 Å². The minimum Gasteiger partial charge on any atom is -0.383 e. The highest BCUT2D eigenvalue weighted by Gasteiger charge is 2.23. The number of thioether (sulfide) groups is 1. The third kappa shape index (κ3) is 1.50. The summed E-state index contributed by atoms with van der Waals surface area (Å²) in [6.45, 7) is 3.95. The van der Waals surface area contributed by atoms with Gasteiger partial charge >= 0.3 is 0 Å². The monoisotopic (exact) mass is 195 g/mol. The summed E-state index contributed by atoms with van der Waals surface area (Å²) in [5.74, 6) is 4.38. The molecule has 70 valence electrons. The van der Waals surface area contributed by atoms with Crippen molar-refractivity contribution in [2.75, 3.05) is 17.2 Å². The topological polar surface area (TPSA) is 51.8 Å². The molecule has 1 aromatic heterocycles. The first-order chi connectivity index (χ1) is 6.18. The molecule has 1 aliphatic heterocycles. The molecular weight excluding hydrogens is 182 g/mol. The molecule has 2 heterocycles. The molecule has 1 aromatic rings. The van der Waals surface area contributed by atoms with Crippen molar-refractivity contribution in [3.63, 3.8) is 0 Å². The van der Waals surface area contributed by atoms with Gasteiger partial charge in [-0.2, -0.15) is 11.8 Å². The van der Waals surface area contributed by atoms with E-state index in [1.165, 1.54) is 0 Å². The molecule has 0 aromatic carbocycles. The van der Waals surface area contributed by atoms with Gasteiger partial charge < -0.3 is 5.73 Å². The average molecular weight is 195 g/mol. The number of nitrogens with two attached hydrogens (primary N) is 1. The predicted octanol–water partition coefficient (Wildman–Crippen LogP) is 1.51. The van der Waals surface area contributed by atoms with Crippen LogP contribution in [0.15, 0.2) is 0 Å². The zero-order chi connectivity index (χ0) is 9.42. The van der Waals surface area contributed by atoms with E-state index < -0.39 is 0 Å². The second-order valence-electron chi connectivity index (χ2n) is 3.41. The zero-order valence-corrected chi connectivity index (χ0v) is 8.69. The fourth-order valence-corrected chi connectivity index (χ4v) is 2.01. The lowest BCUT2D eigenvalue weighted by Crippen LogP contribution is -2.20. The van der Waals surface area contributed by atoms with E-state index in [1.807, 2.05) is 25.6 Å². The number of aromatic nitrogens is 2. The summed E-state index contributed by atoms with van der Waals surface area (Å²) in [5, 5.41) is 0. The third-order valence-electron chi connectivity index (χ3n) is 2.45. The molecule has 1 fully saturated rings. The lowest BCUT2D eigenvalue weighted by atomic mass is 10.1. The van der Waals surface area contributed by atoms with E-state index >= 15 is 0 Å². The molecule has 3 nitrogen and oxygen atoms in total. The Kier molecular flexibility index (Phi) is 2.15. The maximum Gasteiger partial charge on any atom is 0.135 e. The maximum atomic E-state index is 5.78. The molecule has 0 radical (unpaired) electrons. The Morgan fingerprint density at radius 1 is 1.31 bits per heavy atom. The quantitative estimate of drug-likeness (QED) is 0.738. The Morgan fingerprint density at radius 2 is 2.00 bits per heavy atom. The second kappa shape index (κ2) is 3.18. The molecule has 0 spiro atoms. The fraction of sp³-hybridized carbons (Fsp3) is 0.556. The van der Waals surface area contributed by atoms with Crippen molar-refractivity contribution in [3.8, 4) is 0 Å². The van der Waals surface area contributed by atoms with Gasteiger partial charge in [0.15, 0.2) is 0 Å². The molecule has 0 atom stereocenters. The smallest absolute Gasteiger partial charge is 0.135 e. The van der Waals surface area contributed by atoms with Gasteiger partial charge in [0, 0.05) is 28.7 Å². The molecule has 1 aliphatic rings. The van der Waals surface area contributed by atoms with Crippen LogP contribution in [0.2, 0.25) is 0 Å². The lowest BCUT2D eigenvalue weighted by Gasteiger charge is -2.23. The van der Waals surface area contributed by atoms with Crippen molar-refractivity contribution in [1.82, 2.24) is 9.97 Å². The van der Waals surface area contributed by atoms with E-state index in [0.717, 1.165) is 28.6 Å². The van der Waals surface area contributed by atoms with Gasteiger partial charge in [-0.3, -0.25) is 0 Å². The Bertz CT molecular complexity index is 311. The highest BCUT2D eigenvalue weighted by Crippen LogP contribution is 2.32. The molecule has 0 amide bonds. The second-order valence-corrected chi connectivity index (χ2v) is 4.49. The summed E-state index contributed by atoms with van der Waals surface area (Å²) in [7, 11) is 0. The van der Waals surface area contributed by atoms with Gasteiger partial charge in [0.25, 0.3) is 0 Å². The van der Waals surface area contributed by atoms with Crippen molar-refractivity contribution in [2.45, 2.75) is 19.8 Å². The van der Waals surface area contributed by atoms with Crippen LogP contribution in [-0.4, -0.2) is 21.5 Å². The minimum atomic E-state index is 0.534. The Labute approximate surface area is 82.2 Å². The third-order valence-corrected chi connectivity index (χ3v) is 3.72. The summed E-state index contributed by atoms with van der Waals surface area (Å²) >= 11 is 1.94. The van der Waals surface area contributed by atoms with E-state index in [4.69, 9.17) is 5.73 Å². The highest BCUT2D eigenvalue weighted by atomic mass is 32.2. The number of rotatable bonds is 1. The first kappa shape index (κ1) is 8.81. The standard InChI is InChI=1S/C9H13N3S/c1-5-6(2)11-9(12-8(5)10)7-3-13-4-7/h7H,3-4H2,1-2H3,(H2,10,11,12). The van der Waals surface area contributed by atoms with Gasteiger partial charge in [0.05, 0.1) is 0 Å². The van der Waals surface area contributed by atoms with E-state index in [-0.39, 0.29) is 0 Å². The minimum absolute atomic E-state index is 0.534. The van der Waals surface area contributed by atoms with E-state index in [1.54, 1.807) is 0 Å². The first-order valence-electron chi connectivity index (χ1n) is 4.37. The van der Waals surface area contributed by atoms with Crippen molar-refractivity contribution < 1.29 is 0 Å². The molecular formula is C9H13N3S. The van der Waals surface area contributed by atoms with Gasteiger partial charge in [-0.05, 0) is 13.8 Å². The van der Waals surface area contributed by atoms with Crippen LogP contribution in [0.4, 0.5) is 5.82 Å². The SMILES string of the molecule is Cc1nc(C2CSC2)nc(N)c1C. The zero-order valence-electron chi connectivity index (χ0n) is 7.87. The van der Waals surface area contributed by atoms with Gasteiger partial charge in [0.2, 0.25) is 0 Å². The summed E-state index contributed by atoms with van der Waals surface area (Å²) in [5.41, 5.74) is 7.80. The molecule has 0 bridgehead atoms. The molecule has 0 saturated carbocycles. The fourth-order valence-electron chi connectivity index (χ4n) is 1.24. The number of hydrogen-bond donors (Lipinski definition) is 1. The number of anilines is 1. The average Bonchev–Trinajstić information content (AvgIpc) is 1.96. The van der Waals surface area contributed by atoms with Crippen LogP contribution in [0.3, 0.4) is 0 Å². The highest BCUT2D eigenvalue weighted by molar-refractivity contribution is 8.00. The van der Waals surface area contributed by atoms with Gasteiger partial charge in [-0.25, -0.2) is 9.97 Å². The largest absolute Gasteiger partial charge is 0.383 e. The number of aryl methyl sites for hydroxylation is 1. The molecule has 0 unspecified atom stereocenters. The first-order valence-corrected chi connectivity index (χ1v) is 5.52. The molecule has 4 heteroatoms. The molecule has 0 aliphatic carbocycles. The van der Waals surface area contributed by atoms with E-state index in [2.05, 4.69) is 9.97 Å². The number of nitrogen functional groups attached to an aromatic ring is 1. The number of nitrogens with zero attached hydrogens (tertiary/aromatic N) is 2. The van der Waals surface area contributed by atoms with E-state index in [0.29, 0.717) is 11.7 Å². The van der Waals surface area contributed by atoms with Crippen molar-refractivity contribution in [2.24, 2.45) is 0 Å². The van der Waals surface area contributed by atoms with Gasteiger partial charge in [0.1, 0.15) is 11.6 Å². The molecule has 1 saturated heterocycles. The molecule has 2 N–H and O–H groups in total. The van der Waals surface area contributed by atoms with E-state index in [9.17, 15) is 0 Å². The maximum absolute atomic E-state index is 5.78. The van der Waals surface area contributed by atoms with Gasteiger partial charge in [-0.1, -0.05) is 0 Å². The van der Waals surface area contributed by atoms with Crippen LogP contribution in [0.1, 0.15) is 23.0 Å². The summed E-state index contributed by atoms with van der Waals surface area (Å²) in [6, 6.07) is 0. The van der Waals surface area contributed by atoms with Crippen molar-refractivity contribution >= 4 is 17.6 Å². The van der Waals surface area contributed by atoms with Crippen molar-refractivity contribution in [1.29, 1.82) is 0 Å². The lowest BCUT2D eigenvalue weighted by molar-refractivity contribution is 0.755. The molecule has 13 heavy (non-hydrogen) atoms. The Balaban J connectivity index is 2.37. The van der Waals surface area contributed by atoms with Gasteiger partial charge in [-0.15, -0.1) is 0 Å². The summed E-state index contributed by atoms with van der Waals surface area (Å²) in [4.78, 5) is 8.76. The summed E-state index contributed by atoms with van der Waals surface area (Å²) in [6.07, 6.45) is 0. The molecule has 2 rings (SSSR count).